The van der Waals surface area contributed by atoms with E-state index in [0.29, 0.717) is 18.8 Å². The molecule has 2 aromatic carbocycles. The molecule has 0 radical (unpaired) electrons. The van der Waals surface area contributed by atoms with Crippen LogP contribution in [0.4, 0.5) is 21.0 Å². The van der Waals surface area contributed by atoms with E-state index >= 15 is 0 Å². The van der Waals surface area contributed by atoms with Crippen LogP contribution >= 0.6 is 0 Å². The van der Waals surface area contributed by atoms with Gasteiger partial charge in [0.05, 0.1) is 5.69 Å². The van der Waals surface area contributed by atoms with Crippen molar-refractivity contribution in [2.75, 3.05) is 16.8 Å². The van der Waals surface area contributed by atoms with Gasteiger partial charge in [-0.25, -0.2) is 9.59 Å². The van der Waals surface area contributed by atoms with Crippen molar-refractivity contribution >= 4 is 23.5 Å². The molecule has 0 atom stereocenters. The molecule has 2 aromatic rings. The highest BCUT2D eigenvalue weighted by atomic mass is 16.6. The number of amides is 3. The molecule has 1 aliphatic heterocycles. The van der Waals surface area contributed by atoms with Gasteiger partial charge >= 0.3 is 12.1 Å². The number of carbonyl (C=O) groups excluding carboxylic acids is 2. The summed E-state index contributed by atoms with van der Waals surface area (Å²) in [6, 6.07) is 13.4. The predicted molar refractivity (Wildman–Crippen MR) is 115 cm³/mol. The first-order valence-electron chi connectivity index (χ1n) is 9.95. The van der Waals surface area contributed by atoms with Crippen LogP contribution in [0.2, 0.25) is 0 Å². The van der Waals surface area contributed by atoms with Crippen molar-refractivity contribution in [1.29, 1.82) is 0 Å². The topological polar surface area (TPSA) is 70.7 Å². The van der Waals surface area contributed by atoms with E-state index in [9.17, 15) is 9.59 Å². The van der Waals surface area contributed by atoms with Gasteiger partial charge in [-0.05, 0) is 69.9 Å². The number of ether oxygens (including phenoxy) is 1. The van der Waals surface area contributed by atoms with Crippen LogP contribution in [-0.4, -0.2) is 24.3 Å². The molecular weight excluding hydrogens is 366 g/mol. The average molecular weight is 396 g/mol. The second-order valence-electron chi connectivity index (χ2n) is 8.38. The van der Waals surface area contributed by atoms with E-state index < -0.39 is 5.60 Å². The van der Waals surface area contributed by atoms with Gasteiger partial charge in [0.15, 0.2) is 0 Å². The Hall–Kier alpha value is -3.02. The fourth-order valence-corrected chi connectivity index (χ4v) is 3.36. The lowest BCUT2D eigenvalue weighted by Crippen LogP contribution is -2.39. The summed E-state index contributed by atoms with van der Waals surface area (Å²) < 4.78 is 5.52. The second kappa shape index (κ2) is 8.55. The number of carbonyl (C=O) groups is 2. The highest BCUT2D eigenvalue weighted by Gasteiger charge is 2.27. The summed E-state index contributed by atoms with van der Waals surface area (Å²) in [5, 5.41) is 5.75. The van der Waals surface area contributed by atoms with Crippen LogP contribution < -0.4 is 15.5 Å². The highest BCUT2D eigenvalue weighted by Crippen LogP contribution is 2.31. The third-order valence-corrected chi connectivity index (χ3v) is 4.61. The Kier molecular flexibility index (Phi) is 6.11. The van der Waals surface area contributed by atoms with Crippen LogP contribution in [-0.2, 0) is 17.7 Å². The van der Waals surface area contributed by atoms with E-state index in [2.05, 4.69) is 10.6 Å². The summed E-state index contributed by atoms with van der Waals surface area (Å²) in [7, 11) is 0. The number of fused-ring (bicyclic) bond motifs is 1. The molecule has 0 saturated heterocycles. The maximum absolute atomic E-state index is 12.5. The summed E-state index contributed by atoms with van der Waals surface area (Å²) in [6.07, 6.45) is 1.37. The summed E-state index contributed by atoms with van der Waals surface area (Å²) >= 11 is 0. The summed E-state index contributed by atoms with van der Waals surface area (Å²) in [5.74, 6) is 0. The molecule has 0 aliphatic carbocycles. The van der Waals surface area contributed by atoms with Crippen LogP contribution in [0, 0.1) is 6.92 Å². The van der Waals surface area contributed by atoms with E-state index in [1.807, 2.05) is 70.2 Å². The van der Waals surface area contributed by atoms with Gasteiger partial charge in [0.1, 0.15) is 5.60 Å². The molecule has 0 spiro atoms. The third kappa shape index (κ3) is 5.73. The van der Waals surface area contributed by atoms with Crippen LogP contribution in [0.1, 0.15) is 43.9 Å². The number of rotatable bonds is 3. The van der Waals surface area contributed by atoms with E-state index in [4.69, 9.17) is 4.74 Å². The van der Waals surface area contributed by atoms with Gasteiger partial charge < -0.3 is 15.4 Å². The van der Waals surface area contributed by atoms with Crippen molar-refractivity contribution in [2.45, 2.75) is 52.7 Å². The molecule has 1 aliphatic rings. The molecule has 0 fully saturated rings. The van der Waals surface area contributed by atoms with Crippen LogP contribution in [0.25, 0.3) is 0 Å². The Morgan fingerprint density at radius 1 is 1.14 bits per heavy atom. The minimum Gasteiger partial charge on any atom is -0.443 e. The lowest BCUT2D eigenvalue weighted by molar-refractivity contribution is 0.0578. The van der Waals surface area contributed by atoms with E-state index in [0.717, 1.165) is 35.2 Å². The minimum absolute atomic E-state index is 0.258. The average Bonchev–Trinajstić information content (AvgIpc) is 2.64. The summed E-state index contributed by atoms with van der Waals surface area (Å²) in [6.45, 7) is 8.70. The van der Waals surface area contributed by atoms with Gasteiger partial charge in [0.2, 0.25) is 0 Å². The van der Waals surface area contributed by atoms with Gasteiger partial charge in [-0.15, -0.1) is 0 Å². The van der Waals surface area contributed by atoms with Crippen molar-refractivity contribution in [2.24, 2.45) is 0 Å². The molecule has 154 valence electrons. The summed E-state index contributed by atoms with van der Waals surface area (Å²) in [4.78, 5) is 26.4. The standard InChI is InChI=1S/C23H29N3O3/c1-16-7-5-8-17(13-16)15-24-21(27)25-19-10-11-20-18(14-19)9-6-12-26(20)22(28)29-23(2,3)4/h5,7-8,10-11,13-14H,6,9,12,15H2,1-4H3,(H2,24,25,27). The Bertz CT molecular complexity index is 902. The van der Waals surface area contributed by atoms with Crippen molar-refractivity contribution in [1.82, 2.24) is 5.32 Å². The molecule has 29 heavy (non-hydrogen) atoms. The Balaban J connectivity index is 1.64. The van der Waals surface area contributed by atoms with Crippen LogP contribution in [0.3, 0.4) is 0 Å². The van der Waals surface area contributed by atoms with Crippen LogP contribution in [0.5, 0.6) is 0 Å². The number of nitrogens with one attached hydrogen (secondary N) is 2. The number of urea groups is 1. The number of hydrogen-bond donors (Lipinski definition) is 2. The first-order valence-corrected chi connectivity index (χ1v) is 9.95. The molecule has 0 bridgehead atoms. The SMILES string of the molecule is Cc1cccc(CNC(=O)Nc2ccc3c(c2)CCCN3C(=O)OC(C)(C)C)c1. The quantitative estimate of drug-likeness (QED) is 0.768. The fraction of sp³-hybridized carbons (Fsp3) is 0.391. The molecule has 0 unspecified atom stereocenters. The van der Waals surface area contributed by atoms with Crippen molar-refractivity contribution in [3.63, 3.8) is 0 Å². The van der Waals surface area contributed by atoms with Gasteiger partial charge in [-0.2, -0.15) is 0 Å². The van der Waals surface area contributed by atoms with Gasteiger partial charge in [0.25, 0.3) is 0 Å². The molecule has 3 rings (SSSR count). The number of benzene rings is 2. The molecule has 6 heteroatoms. The van der Waals surface area contributed by atoms with Gasteiger partial charge in [-0.3, -0.25) is 4.90 Å². The zero-order chi connectivity index (χ0) is 21.0. The van der Waals surface area contributed by atoms with E-state index in [1.165, 1.54) is 0 Å². The first kappa shape index (κ1) is 20.7. The maximum Gasteiger partial charge on any atom is 0.414 e. The van der Waals surface area contributed by atoms with Gasteiger partial charge in [0, 0.05) is 18.8 Å². The Morgan fingerprint density at radius 2 is 1.93 bits per heavy atom. The normalized spacial score (nSPS) is 13.4. The molecule has 2 N–H and O–H groups in total. The second-order valence-corrected chi connectivity index (χ2v) is 8.38. The minimum atomic E-state index is -0.536. The third-order valence-electron chi connectivity index (χ3n) is 4.61. The smallest absolute Gasteiger partial charge is 0.414 e. The maximum atomic E-state index is 12.5. The lowest BCUT2D eigenvalue weighted by Gasteiger charge is -2.32. The number of nitrogens with zero attached hydrogens (tertiary/aromatic N) is 1. The molecular formula is C23H29N3O3. The van der Waals surface area contributed by atoms with E-state index in [-0.39, 0.29) is 12.1 Å². The number of anilines is 2. The Labute approximate surface area is 172 Å². The zero-order valence-corrected chi connectivity index (χ0v) is 17.5. The van der Waals surface area contributed by atoms with Crippen molar-refractivity contribution in [3.8, 4) is 0 Å². The predicted octanol–water partition coefficient (Wildman–Crippen LogP) is 5.00. The van der Waals surface area contributed by atoms with Crippen molar-refractivity contribution in [3.05, 3.63) is 59.2 Å². The van der Waals surface area contributed by atoms with Gasteiger partial charge in [-0.1, -0.05) is 29.8 Å². The Morgan fingerprint density at radius 3 is 2.66 bits per heavy atom. The van der Waals surface area contributed by atoms with E-state index in [1.54, 1.807) is 4.90 Å². The van der Waals surface area contributed by atoms with Crippen LogP contribution in [0.15, 0.2) is 42.5 Å². The molecule has 1 heterocycles. The molecule has 6 nitrogen and oxygen atoms in total. The first-order chi connectivity index (χ1) is 13.7. The number of aryl methyl sites for hydroxylation is 2. The zero-order valence-electron chi connectivity index (χ0n) is 17.5. The monoisotopic (exact) mass is 395 g/mol. The fourth-order valence-electron chi connectivity index (χ4n) is 3.36. The largest absolute Gasteiger partial charge is 0.443 e. The lowest BCUT2D eigenvalue weighted by atomic mass is 10.0. The summed E-state index contributed by atoms with van der Waals surface area (Å²) in [5.41, 5.74) is 4.25. The molecule has 0 saturated carbocycles. The molecule has 3 amide bonds. The molecule has 0 aromatic heterocycles. The number of hydrogen-bond acceptors (Lipinski definition) is 3. The highest BCUT2D eigenvalue weighted by molar-refractivity contribution is 5.92. The van der Waals surface area contributed by atoms with Crippen molar-refractivity contribution < 1.29 is 14.3 Å².